The van der Waals surface area contributed by atoms with Crippen LogP contribution in [0.4, 0.5) is 10.2 Å². The molecule has 0 unspecified atom stereocenters. The average Bonchev–Trinajstić information content (AvgIpc) is 3.10. The highest BCUT2D eigenvalue weighted by atomic mass is 19.1. The van der Waals surface area contributed by atoms with Crippen molar-refractivity contribution in [2.45, 2.75) is 6.42 Å². The molecular formula is C18H21FN6O. The first-order valence-electron chi connectivity index (χ1n) is 8.82. The molecule has 1 aliphatic heterocycles. The van der Waals surface area contributed by atoms with E-state index in [1.165, 1.54) is 12.1 Å². The number of benzene rings is 1. The molecule has 0 atom stereocenters. The Balaban J connectivity index is 1.41. The predicted octanol–water partition coefficient (Wildman–Crippen LogP) is 2.06. The highest BCUT2D eigenvalue weighted by Gasteiger charge is 2.11. The molecule has 1 N–H and O–H groups in total. The summed E-state index contributed by atoms with van der Waals surface area (Å²) in [4.78, 5) is 2.41. The summed E-state index contributed by atoms with van der Waals surface area (Å²) in [6.07, 6.45) is 1.03. The van der Waals surface area contributed by atoms with Gasteiger partial charge in [0.25, 0.3) is 0 Å². The van der Waals surface area contributed by atoms with Gasteiger partial charge in [-0.25, -0.2) is 4.39 Å². The normalized spacial score (nSPS) is 15.4. The standard InChI is InChI=1S/C18H21FN6O/c19-15-4-2-14(3-5-15)18-22-21-17-7-6-16(23-25(17)18)20-8-1-9-24-10-12-26-13-11-24/h2-7H,1,8-13H2,(H,20,23). The van der Waals surface area contributed by atoms with Crippen molar-refractivity contribution in [3.05, 3.63) is 42.2 Å². The van der Waals surface area contributed by atoms with Crippen LogP contribution in [0.5, 0.6) is 0 Å². The van der Waals surface area contributed by atoms with E-state index >= 15 is 0 Å². The minimum Gasteiger partial charge on any atom is -0.379 e. The molecule has 4 rings (SSSR count). The van der Waals surface area contributed by atoms with Gasteiger partial charge in [-0.3, -0.25) is 4.90 Å². The number of halogens is 1. The second-order valence-corrected chi connectivity index (χ2v) is 6.25. The van der Waals surface area contributed by atoms with Gasteiger partial charge in [0.15, 0.2) is 11.5 Å². The van der Waals surface area contributed by atoms with E-state index in [4.69, 9.17) is 4.74 Å². The summed E-state index contributed by atoms with van der Waals surface area (Å²) in [5.74, 6) is 1.08. The van der Waals surface area contributed by atoms with Crippen molar-refractivity contribution in [3.8, 4) is 11.4 Å². The Hall–Kier alpha value is -2.58. The third kappa shape index (κ3) is 3.81. The minimum absolute atomic E-state index is 0.279. The van der Waals surface area contributed by atoms with Crippen LogP contribution in [0.3, 0.4) is 0 Å². The third-order valence-electron chi connectivity index (χ3n) is 4.43. The topological polar surface area (TPSA) is 67.6 Å². The lowest BCUT2D eigenvalue weighted by atomic mass is 10.2. The lowest BCUT2D eigenvalue weighted by Gasteiger charge is -2.26. The molecule has 1 fully saturated rings. The molecule has 0 radical (unpaired) electrons. The number of fused-ring (bicyclic) bond motifs is 1. The van der Waals surface area contributed by atoms with Crippen molar-refractivity contribution in [2.75, 3.05) is 44.7 Å². The van der Waals surface area contributed by atoms with E-state index in [0.29, 0.717) is 11.5 Å². The lowest BCUT2D eigenvalue weighted by Crippen LogP contribution is -2.37. The van der Waals surface area contributed by atoms with E-state index in [-0.39, 0.29) is 5.82 Å². The number of ether oxygens (including phenoxy) is 1. The SMILES string of the molecule is Fc1ccc(-c2nnc3ccc(NCCCN4CCOCC4)nn23)cc1. The summed E-state index contributed by atoms with van der Waals surface area (Å²) < 4.78 is 20.2. The second kappa shape index (κ2) is 7.76. The fourth-order valence-corrected chi connectivity index (χ4v) is 3.01. The highest BCUT2D eigenvalue weighted by Crippen LogP contribution is 2.18. The van der Waals surface area contributed by atoms with Crippen molar-refractivity contribution < 1.29 is 9.13 Å². The fraction of sp³-hybridized carbons (Fsp3) is 0.389. The average molecular weight is 356 g/mol. The van der Waals surface area contributed by atoms with Crippen molar-refractivity contribution in [1.82, 2.24) is 24.7 Å². The number of nitrogens with zero attached hydrogens (tertiary/aromatic N) is 5. The van der Waals surface area contributed by atoms with E-state index in [1.807, 2.05) is 12.1 Å². The maximum absolute atomic E-state index is 13.1. The fourth-order valence-electron chi connectivity index (χ4n) is 3.01. The number of rotatable bonds is 6. The molecule has 8 heteroatoms. The van der Waals surface area contributed by atoms with E-state index < -0.39 is 0 Å². The van der Waals surface area contributed by atoms with E-state index in [1.54, 1.807) is 16.6 Å². The molecule has 0 spiro atoms. The Kier molecular flexibility index (Phi) is 5.03. The van der Waals surface area contributed by atoms with Gasteiger partial charge < -0.3 is 10.1 Å². The van der Waals surface area contributed by atoms with Crippen molar-refractivity contribution in [3.63, 3.8) is 0 Å². The Morgan fingerprint density at radius 3 is 2.65 bits per heavy atom. The van der Waals surface area contributed by atoms with Gasteiger partial charge in [0.05, 0.1) is 13.2 Å². The van der Waals surface area contributed by atoms with Crippen LogP contribution < -0.4 is 5.32 Å². The second-order valence-electron chi connectivity index (χ2n) is 6.25. The van der Waals surface area contributed by atoms with Crippen LogP contribution in [0, 0.1) is 5.82 Å². The van der Waals surface area contributed by atoms with Gasteiger partial charge in [-0.1, -0.05) is 0 Å². The van der Waals surface area contributed by atoms with Gasteiger partial charge in [0.2, 0.25) is 0 Å². The zero-order valence-electron chi connectivity index (χ0n) is 14.4. The maximum atomic E-state index is 13.1. The van der Waals surface area contributed by atoms with Gasteiger partial charge in [0.1, 0.15) is 11.6 Å². The number of morpholine rings is 1. The van der Waals surface area contributed by atoms with Crippen LogP contribution in [-0.2, 0) is 4.74 Å². The highest BCUT2D eigenvalue weighted by molar-refractivity contribution is 5.59. The molecule has 0 aliphatic carbocycles. The van der Waals surface area contributed by atoms with Crippen molar-refractivity contribution in [1.29, 1.82) is 0 Å². The molecule has 0 bridgehead atoms. The smallest absolute Gasteiger partial charge is 0.185 e. The number of anilines is 1. The van der Waals surface area contributed by atoms with Crippen LogP contribution in [0.25, 0.3) is 17.0 Å². The number of aromatic nitrogens is 4. The number of nitrogens with one attached hydrogen (secondary N) is 1. The van der Waals surface area contributed by atoms with Gasteiger partial charge in [-0.2, -0.15) is 4.52 Å². The molecule has 26 heavy (non-hydrogen) atoms. The quantitative estimate of drug-likeness (QED) is 0.682. The number of hydrogen-bond acceptors (Lipinski definition) is 6. The summed E-state index contributed by atoms with van der Waals surface area (Å²) in [7, 11) is 0. The first-order valence-corrected chi connectivity index (χ1v) is 8.82. The van der Waals surface area contributed by atoms with Crippen LogP contribution in [0.2, 0.25) is 0 Å². The van der Waals surface area contributed by atoms with Gasteiger partial charge in [0, 0.05) is 25.2 Å². The largest absolute Gasteiger partial charge is 0.379 e. The summed E-state index contributed by atoms with van der Waals surface area (Å²) in [6.45, 7) is 5.55. The Bertz CT molecular complexity index is 860. The third-order valence-corrected chi connectivity index (χ3v) is 4.43. The minimum atomic E-state index is -0.279. The molecular weight excluding hydrogens is 335 g/mol. The van der Waals surface area contributed by atoms with Gasteiger partial charge in [-0.05, 0) is 49.4 Å². The van der Waals surface area contributed by atoms with Crippen LogP contribution in [0.15, 0.2) is 36.4 Å². The number of hydrogen-bond donors (Lipinski definition) is 1. The molecule has 7 nitrogen and oxygen atoms in total. The molecule has 0 amide bonds. The van der Waals surface area contributed by atoms with Crippen LogP contribution in [-0.4, -0.2) is 64.1 Å². The van der Waals surface area contributed by atoms with E-state index in [2.05, 4.69) is 25.5 Å². The molecule has 1 saturated heterocycles. The molecule has 3 aromatic rings. The molecule has 3 heterocycles. The summed E-state index contributed by atoms with van der Waals surface area (Å²) >= 11 is 0. The van der Waals surface area contributed by atoms with Crippen LogP contribution in [0.1, 0.15) is 6.42 Å². The molecule has 1 aromatic carbocycles. The van der Waals surface area contributed by atoms with Gasteiger partial charge in [-0.15, -0.1) is 15.3 Å². The van der Waals surface area contributed by atoms with Crippen molar-refractivity contribution in [2.24, 2.45) is 0 Å². The Labute approximate surface area is 150 Å². The Morgan fingerprint density at radius 1 is 1.04 bits per heavy atom. The van der Waals surface area contributed by atoms with Crippen LogP contribution >= 0.6 is 0 Å². The zero-order valence-corrected chi connectivity index (χ0v) is 14.4. The monoisotopic (exact) mass is 356 g/mol. The molecule has 1 aliphatic rings. The molecule has 2 aromatic heterocycles. The van der Waals surface area contributed by atoms with E-state index in [0.717, 1.165) is 57.2 Å². The Morgan fingerprint density at radius 2 is 1.85 bits per heavy atom. The summed E-state index contributed by atoms with van der Waals surface area (Å²) in [5, 5.41) is 16.2. The van der Waals surface area contributed by atoms with Crippen molar-refractivity contribution >= 4 is 11.5 Å². The summed E-state index contributed by atoms with van der Waals surface area (Å²) in [6, 6.07) is 9.94. The summed E-state index contributed by atoms with van der Waals surface area (Å²) in [5.41, 5.74) is 1.43. The predicted molar refractivity (Wildman–Crippen MR) is 96.5 cm³/mol. The van der Waals surface area contributed by atoms with Gasteiger partial charge >= 0.3 is 0 Å². The van der Waals surface area contributed by atoms with E-state index in [9.17, 15) is 4.39 Å². The first kappa shape index (κ1) is 16.9. The maximum Gasteiger partial charge on any atom is 0.185 e. The molecule has 136 valence electrons. The molecule has 0 saturated carbocycles. The lowest BCUT2D eigenvalue weighted by molar-refractivity contribution is 0.0378. The first-order chi connectivity index (χ1) is 12.8. The zero-order chi connectivity index (χ0) is 17.8.